The molecule has 4 atom stereocenters. The molecular formula is C19H36N2O4. The highest BCUT2D eigenvalue weighted by Crippen LogP contribution is 2.45. The van der Waals surface area contributed by atoms with E-state index >= 15 is 0 Å². The average molecular weight is 357 g/mol. The maximum Gasteiger partial charge on any atom is 0.303 e. The van der Waals surface area contributed by atoms with Crippen LogP contribution < -0.4 is 11.5 Å². The molecule has 0 bridgehead atoms. The molecule has 146 valence electrons. The van der Waals surface area contributed by atoms with Crippen LogP contribution in [0.2, 0.25) is 0 Å². The van der Waals surface area contributed by atoms with Gasteiger partial charge >= 0.3 is 11.9 Å². The van der Waals surface area contributed by atoms with Crippen molar-refractivity contribution in [1.82, 2.24) is 0 Å². The van der Waals surface area contributed by atoms with Crippen molar-refractivity contribution < 1.29 is 19.8 Å². The third kappa shape index (κ3) is 6.59. The molecule has 6 heteroatoms. The Hall–Kier alpha value is -1.14. The number of carboxylic acids is 2. The van der Waals surface area contributed by atoms with E-state index in [-0.39, 0.29) is 23.7 Å². The molecule has 0 amide bonds. The highest BCUT2D eigenvalue weighted by Gasteiger charge is 2.39. The zero-order valence-electron chi connectivity index (χ0n) is 15.8. The van der Waals surface area contributed by atoms with E-state index in [9.17, 15) is 9.59 Å². The van der Waals surface area contributed by atoms with Crippen LogP contribution >= 0.6 is 0 Å². The zero-order chi connectivity index (χ0) is 19.1. The molecule has 25 heavy (non-hydrogen) atoms. The van der Waals surface area contributed by atoms with Crippen LogP contribution in [0.4, 0.5) is 0 Å². The Morgan fingerprint density at radius 3 is 1.76 bits per heavy atom. The largest absolute Gasteiger partial charge is 0.481 e. The second kappa shape index (κ2) is 9.53. The molecule has 0 heterocycles. The SMILES string of the molecule is CC1CC[C@@](CN)(CC(=O)O)C1.CCC1CC[C@@](CN)(CC(=O)O)C1. The third-order valence-electron chi connectivity index (χ3n) is 6.25. The Balaban J connectivity index is 0.000000251. The third-order valence-corrected chi connectivity index (χ3v) is 6.25. The van der Waals surface area contributed by atoms with Crippen LogP contribution in [0.15, 0.2) is 0 Å². The van der Waals surface area contributed by atoms with Crippen LogP contribution in [0.5, 0.6) is 0 Å². The average Bonchev–Trinajstić information content (AvgIpc) is 3.12. The number of carboxylic acid groups (broad SMARTS) is 2. The summed E-state index contributed by atoms with van der Waals surface area (Å²) in [5, 5.41) is 17.5. The highest BCUT2D eigenvalue weighted by molar-refractivity contribution is 5.68. The van der Waals surface area contributed by atoms with E-state index in [1.807, 2.05) is 0 Å². The van der Waals surface area contributed by atoms with Gasteiger partial charge in [0.15, 0.2) is 0 Å². The van der Waals surface area contributed by atoms with E-state index in [2.05, 4.69) is 13.8 Å². The summed E-state index contributed by atoms with van der Waals surface area (Å²) in [4.78, 5) is 21.2. The van der Waals surface area contributed by atoms with Crippen LogP contribution in [0.25, 0.3) is 0 Å². The highest BCUT2D eigenvalue weighted by atomic mass is 16.4. The minimum absolute atomic E-state index is 0.0908. The number of rotatable bonds is 7. The summed E-state index contributed by atoms with van der Waals surface area (Å²) in [6.07, 6.45) is 7.90. The topological polar surface area (TPSA) is 127 Å². The van der Waals surface area contributed by atoms with Crippen molar-refractivity contribution in [2.24, 2.45) is 34.1 Å². The molecular weight excluding hydrogens is 320 g/mol. The lowest BCUT2D eigenvalue weighted by molar-refractivity contribution is -0.140. The maximum absolute atomic E-state index is 10.7. The van der Waals surface area contributed by atoms with Gasteiger partial charge < -0.3 is 21.7 Å². The smallest absolute Gasteiger partial charge is 0.303 e. The number of nitrogens with two attached hydrogens (primary N) is 2. The van der Waals surface area contributed by atoms with Gasteiger partial charge in [-0.1, -0.05) is 26.7 Å². The van der Waals surface area contributed by atoms with Gasteiger partial charge in [0.2, 0.25) is 0 Å². The van der Waals surface area contributed by atoms with Gasteiger partial charge in [-0.3, -0.25) is 9.59 Å². The van der Waals surface area contributed by atoms with Gasteiger partial charge in [-0.2, -0.15) is 0 Å². The van der Waals surface area contributed by atoms with E-state index in [1.54, 1.807) is 0 Å². The summed E-state index contributed by atoms with van der Waals surface area (Å²) in [5.41, 5.74) is 11.1. The summed E-state index contributed by atoms with van der Waals surface area (Å²) < 4.78 is 0. The monoisotopic (exact) mass is 356 g/mol. The number of carbonyl (C=O) groups is 2. The second-order valence-electron chi connectivity index (χ2n) is 8.41. The van der Waals surface area contributed by atoms with Gasteiger partial charge in [0.25, 0.3) is 0 Å². The molecule has 2 aliphatic carbocycles. The van der Waals surface area contributed by atoms with Crippen LogP contribution in [-0.2, 0) is 9.59 Å². The molecule has 0 aromatic heterocycles. The Morgan fingerprint density at radius 2 is 1.44 bits per heavy atom. The fourth-order valence-corrected chi connectivity index (χ4v) is 4.65. The summed E-state index contributed by atoms with van der Waals surface area (Å²) >= 11 is 0. The van der Waals surface area contributed by atoms with Crippen molar-refractivity contribution >= 4 is 11.9 Å². The predicted molar refractivity (Wildman–Crippen MR) is 98.1 cm³/mol. The second-order valence-corrected chi connectivity index (χ2v) is 8.41. The number of hydrogen-bond donors (Lipinski definition) is 4. The summed E-state index contributed by atoms with van der Waals surface area (Å²) in [7, 11) is 0. The fraction of sp³-hybridized carbons (Fsp3) is 0.895. The normalized spacial score (nSPS) is 34.4. The molecule has 2 fully saturated rings. The van der Waals surface area contributed by atoms with E-state index in [0.29, 0.717) is 24.9 Å². The van der Waals surface area contributed by atoms with E-state index < -0.39 is 11.9 Å². The zero-order valence-corrected chi connectivity index (χ0v) is 15.8. The maximum atomic E-state index is 10.7. The molecule has 0 radical (unpaired) electrons. The van der Waals surface area contributed by atoms with Gasteiger partial charge in [-0.15, -0.1) is 0 Å². The van der Waals surface area contributed by atoms with Crippen molar-refractivity contribution in [3.63, 3.8) is 0 Å². The van der Waals surface area contributed by atoms with Crippen molar-refractivity contribution in [3.05, 3.63) is 0 Å². The first kappa shape index (κ1) is 21.9. The molecule has 2 saturated carbocycles. The Kier molecular flexibility index (Phi) is 8.35. The van der Waals surface area contributed by atoms with Crippen LogP contribution in [0, 0.1) is 22.7 Å². The van der Waals surface area contributed by atoms with Crippen LogP contribution in [0.1, 0.15) is 71.6 Å². The number of hydrogen-bond acceptors (Lipinski definition) is 4. The molecule has 2 unspecified atom stereocenters. The first-order valence-corrected chi connectivity index (χ1v) is 9.53. The first-order chi connectivity index (χ1) is 11.7. The molecule has 6 N–H and O–H groups in total. The standard InChI is InChI=1S/C10H19NO2.C9H17NO2/c1-2-8-3-4-10(5-8,7-11)6-9(12)13;1-7-2-3-9(4-7,6-10)5-8(11)12/h8H,2-7,11H2,1H3,(H,12,13);7H,2-6,10H2,1H3,(H,11,12)/t8?,10-;7?,9-/m00/s1. The molecule has 2 rings (SSSR count). The lowest BCUT2D eigenvalue weighted by Gasteiger charge is -2.25. The van der Waals surface area contributed by atoms with Crippen molar-refractivity contribution in [2.75, 3.05) is 13.1 Å². The molecule has 2 aliphatic rings. The Bertz CT molecular complexity index is 457. The van der Waals surface area contributed by atoms with Gasteiger partial charge in [0.05, 0.1) is 12.8 Å². The predicted octanol–water partition coefficient (Wildman–Crippen LogP) is 2.84. The quantitative estimate of drug-likeness (QED) is 0.555. The lowest BCUT2D eigenvalue weighted by Crippen LogP contribution is -2.30. The van der Waals surface area contributed by atoms with Crippen molar-refractivity contribution in [3.8, 4) is 0 Å². The van der Waals surface area contributed by atoms with Crippen LogP contribution in [-0.4, -0.2) is 35.2 Å². The summed E-state index contributed by atoms with van der Waals surface area (Å²) in [6, 6.07) is 0. The molecule has 0 spiro atoms. The minimum Gasteiger partial charge on any atom is -0.481 e. The first-order valence-electron chi connectivity index (χ1n) is 9.53. The van der Waals surface area contributed by atoms with Gasteiger partial charge in [-0.05, 0) is 67.9 Å². The van der Waals surface area contributed by atoms with E-state index in [4.69, 9.17) is 21.7 Å². The molecule has 0 aromatic carbocycles. The van der Waals surface area contributed by atoms with Crippen molar-refractivity contribution in [2.45, 2.75) is 71.6 Å². The Morgan fingerprint density at radius 1 is 0.960 bits per heavy atom. The van der Waals surface area contributed by atoms with Gasteiger partial charge in [0.1, 0.15) is 0 Å². The molecule has 6 nitrogen and oxygen atoms in total. The fourth-order valence-electron chi connectivity index (χ4n) is 4.65. The van der Waals surface area contributed by atoms with Gasteiger partial charge in [0, 0.05) is 0 Å². The minimum atomic E-state index is -0.713. The number of aliphatic carboxylic acids is 2. The summed E-state index contributed by atoms with van der Waals surface area (Å²) in [6.45, 7) is 5.37. The molecule has 0 saturated heterocycles. The Labute approximate surface area is 151 Å². The molecule has 0 aromatic rings. The lowest BCUT2D eigenvalue weighted by atomic mass is 9.82. The van der Waals surface area contributed by atoms with Gasteiger partial charge in [-0.25, -0.2) is 0 Å². The van der Waals surface area contributed by atoms with E-state index in [0.717, 1.165) is 44.9 Å². The molecule has 0 aliphatic heterocycles. The summed E-state index contributed by atoms with van der Waals surface area (Å²) in [5.74, 6) is -0.0763. The van der Waals surface area contributed by atoms with Crippen LogP contribution in [0.3, 0.4) is 0 Å². The van der Waals surface area contributed by atoms with E-state index in [1.165, 1.54) is 0 Å². The van der Waals surface area contributed by atoms with Crippen molar-refractivity contribution in [1.29, 1.82) is 0 Å².